The number of rotatable bonds is 5. The zero-order chi connectivity index (χ0) is 14.5. The number of carbonyl (C=O) groups excluding carboxylic acids is 1. The number of benzene rings is 1. The van der Waals surface area contributed by atoms with Crippen molar-refractivity contribution in [1.82, 2.24) is 4.90 Å². The molecule has 1 heterocycles. The summed E-state index contributed by atoms with van der Waals surface area (Å²) in [6, 6.07) is 9.87. The van der Waals surface area contributed by atoms with Gasteiger partial charge >= 0.3 is 0 Å². The monoisotopic (exact) mass is 288 g/mol. The number of amides is 1. The van der Waals surface area contributed by atoms with Gasteiger partial charge in [-0.2, -0.15) is 0 Å². The molecule has 0 spiro atoms. The van der Waals surface area contributed by atoms with Crippen LogP contribution in [0.15, 0.2) is 35.7 Å². The minimum atomic E-state index is 0.0598. The summed E-state index contributed by atoms with van der Waals surface area (Å²) in [5.41, 5.74) is 2.93. The quantitative estimate of drug-likeness (QED) is 0.908. The molecular formula is C16H20N2OS. The Morgan fingerprint density at radius 3 is 2.75 bits per heavy atom. The van der Waals surface area contributed by atoms with Crippen molar-refractivity contribution in [2.75, 3.05) is 18.9 Å². The smallest absolute Gasteiger partial charge is 0.253 e. The van der Waals surface area contributed by atoms with Crippen LogP contribution in [-0.4, -0.2) is 24.4 Å². The zero-order valence-electron chi connectivity index (χ0n) is 12.1. The first-order valence-corrected chi connectivity index (χ1v) is 7.62. The van der Waals surface area contributed by atoms with Gasteiger partial charge in [-0.05, 0) is 49.1 Å². The minimum absolute atomic E-state index is 0.0598. The van der Waals surface area contributed by atoms with Crippen LogP contribution in [0.2, 0.25) is 0 Å². The first kappa shape index (κ1) is 14.6. The number of aryl methyl sites for hydroxylation is 1. The summed E-state index contributed by atoms with van der Waals surface area (Å²) in [4.78, 5) is 15.4. The Kier molecular flexibility index (Phi) is 4.79. The second kappa shape index (κ2) is 6.57. The molecule has 1 aromatic carbocycles. The van der Waals surface area contributed by atoms with Gasteiger partial charge in [0.05, 0.1) is 6.54 Å². The maximum absolute atomic E-state index is 12.4. The molecule has 0 fully saturated rings. The molecule has 0 aliphatic rings. The molecule has 3 nitrogen and oxygen atoms in total. The second-order valence-corrected chi connectivity index (χ2v) is 5.83. The van der Waals surface area contributed by atoms with Crippen molar-refractivity contribution in [2.45, 2.75) is 20.4 Å². The summed E-state index contributed by atoms with van der Waals surface area (Å²) in [5.74, 6) is 0.0598. The third-order valence-electron chi connectivity index (χ3n) is 3.16. The fourth-order valence-corrected chi connectivity index (χ4v) is 2.87. The highest BCUT2D eigenvalue weighted by Gasteiger charge is 2.13. The Balaban J connectivity index is 2.10. The highest BCUT2D eigenvalue weighted by Crippen LogP contribution is 2.18. The molecule has 0 radical (unpaired) electrons. The van der Waals surface area contributed by atoms with Crippen molar-refractivity contribution in [1.29, 1.82) is 0 Å². The van der Waals surface area contributed by atoms with E-state index in [9.17, 15) is 4.79 Å². The largest absolute Gasteiger partial charge is 0.385 e. The van der Waals surface area contributed by atoms with Gasteiger partial charge in [0, 0.05) is 29.7 Å². The Morgan fingerprint density at radius 2 is 2.15 bits per heavy atom. The molecule has 1 amide bonds. The SMILES string of the molecule is CCNc1ccc(C(=O)N(C)Cc2cccs2)cc1C. The number of hydrogen-bond acceptors (Lipinski definition) is 3. The van der Waals surface area contributed by atoms with E-state index in [1.54, 1.807) is 16.2 Å². The molecule has 106 valence electrons. The molecular weight excluding hydrogens is 268 g/mol. The fraction of sp³-hybridized carbons (Fsp3) is 0.312. The standard InChI is InChI=1S/C16H20N2OS/c1-4-17-15-8-7-13(10-12(15)2)16(19)18(3)11-14-6-5-9-20-14/h5-10,17H,4,11H2,1-3H3. The fourth-order valence-electron chi connectivity index (χ4n) is 2.11. The van der Waals surface area contributed by atoms with Gasteiger partial charge in [0.2, 0.25) is 0 Å². The van der Waals surface area contributed by atoms with Gasteiger partial charge in [-0.15, -0.1) is 11.3 Å². The Labute approximate surface area is 124 Å². The molecule has 0 saturated carbocycles. The van der Waals surface area contributed by atoms with E-state index in [0.29, 0.717) is 6.54 Å². The van der Waals surface area contributed by atoms with Crippen LogP contribution in [0.3, 0.4) is 0 Å². The van der Waals surface area contributed by atoms with E-state index in [1.165, 1.54) is 4.88 Å². The van der Waals surface area contributed by atoms with Crippen LogP contribution < -0.4 is 5.32 Å². The summed E-state index contributed by atoms with van der Waals surface area (Å²) in [6.45, 7) is 5.62. The van der Waals surface area contributed by atoms with Crippen molar-refractivity contribution in [3.8, 4) is 0 Å². The van der Waals surface area contributed by atoms with Crippen LogP contribution >= 0.6 is 11.3 Å². The van der Waals surface area contributed by atoms with Gasteiger partial charge < -0.3 is 10.2 Å². The lowest BCUT2D eigenvalue weighted by Crippen LogP contribution is -2.25. The van der Waals surface area contributed by atoms with Gasteiger partial charge in [-0.1, -0.05) is 6.07 Å². The predicted octanol–water partition coefficient (Wildman–Crippen LogP) is 3.76. The van der Waals surface area contributed by atoms with Crippen LogP contribution in [0.25, 0.3) is 0 Å². The number of hydrogen-bond donors (Lipinski definition) is 1. The van der Waals surface area contributed by atoms with E-state index in [1.807, 2.05) is 49.7 Å². The maximum atomic E-state index is 12.4. The normalized spacial score (nSPS) is 10.3. The number of thiophene rings is 1. The van der Waals surface area contributed by atoms with Crippen LogP contribution in [0, 0.1) is 6.92 Å². The predicted molar refractivity (Wildman–Crippen MR) is 85.5 cm³/mol. The first-order chi connectivity index (χ1) is 9.61. The summed E-state index contributed by atoms with van der Waals surface area (Å²) < 4.78 is 0. The number of nitrogens with zero attached hydrogens (tertiary/aromatic N) is 1. The van der Waals surface area contributed by atoms with Crippen LogP contribution in [-0.2, 0) is 6.54 Å². The van der Waals surface area contributed by atoms with Crippen LogP contribution in [0.4, 0.5) is 5.69 Å². The highest BCUT2D eigenvalue weighted by molar-refractivity contribution is 7.09. The van der Waals surface area contributed by atoms with Crippen molar-refractivity contribution >= 4 is 22.9 Å². The average molecular weight is 288 g/mol. The van der Waals surface area contributed by atoms with Crippen molar-refractivity contribution in [3.63, 3.8) is 0 Å². The molecule has 0 aliphatic carbocycles. The zero-order valence-corrected chi connectivity index (χ0v) is 13.0. The molecule has 0 atom stereocenters. The molecule has 0 aliphatic heterocycles. The average Bonchev–Trinajstić information content (AvgIpc) is 2.93. The van der Waals surface area contributed by atoms with E-state index in [-0.39, 0.29) is 5.91 Å². The molecule has 2 aromatic rings. The van der Waals surface area contributed by atoms with Gasteiger partial charge in [-0.3, -0.25) is 4.79 Å². The Hall–Kier alpha value is -1.81. The van der Waals surface area contributed by atoms with Crippen LogP contribution in [0.5, 0.6) is 0 Å². The second-order valence-electron chi connectivity index (χ2n) is 4.80. The third-order valence-corrected chi connectivity index (χ3v) is 4.02. The van der Waals surface area contributed by atoms with Gasteiger partial charge in [0.15, 0.2) is 0 Å². The molecule has 0 saturated heterocycles. The number of nitrogens with one attached hydrogen (secondary N) is 1. The van der Waals surface area contributed by atoms with Crippen molar-refractivity contribution in [2.24, 2.45) is 0 Å². The lowest BCUT2D eigenvalue weighted by atomic mass is 10.1. The van der Waals surface area contributed by atoms with E-state index in [4.69, 9.17) is 0 Å². The Bertz CT molecular complexity index is 578. The highest BCUT2D eigenvalue weighted by atomic mass is 32.1. The molecule has 1 aromatic heterocycles. The van der Waals surface area contributed by atoms with Crippen LogP contribution in [0.1, 0.15) is 27.7 Å². The maximum Gasteiger partial charge on any atom is 0.253 e. The molecule has 1 N–H and O–H groups in total. The third kappa shape index (κ3) is 3.39. The summed E-state index contributed by atoms with van der Waals surface area (Å²) in [7, 11) is 1.84. The summed E-state index contributed by atoms with van der Waals surface area (Å²) in [5, 5.41) is 5.32. The Morgan fingerprint density at radius 1 is 1.35 bits per heavy atom. The summed E-state index contributed by atoms with van der Waals surface area (Å²) >= 11 is 1.67. The van der Waals surface area contributed by atoms with Crippen molar-refractivity contribution in [3.05, 3.63) is 51.7 Å². The summed E-state index contributed by atoms with van der Waals surface area (Å²) in [6.07, 6.45) is 0. The van der Waals surface area contributed by atoms with E-state index in [2.05, 4.69) is 12.2 Å². The molecule has 4 heteroatoms. The molecule has 0 bridgehead atoms. The molecule has 2 rings (SSSR count). The first-order valence-electron chi connectivity index (χ1n) is 6.74. The number of anilines is 1. The lowest BCUT2D eigenvalue weighted by molar-refractivity contribution is 0.0786. The van der Waals surface area contributed by atoms with Gasteiger partial charge in [0.25, 0.3) is 5.91 Å². The van der Waals surface area contributed by atoms with Crippen molar-refractivity contribution < 1.29 is 4.79 Å². The lowest BCUT2D eigenvalue weighted by Gasteiger charge is -2.17. The topological polar surface area (TPSA) is 32.3 Å². The van der Waals surface area contributed by atoms with E-state index in [0.717, 1.165) is 23.4 Å². The molecule has 20 heavy (non-hydrogen) atoms. The van der Waals surface area contributed by atoms with Gasteiger partial charge in [0.1, 0.15) is 0 Å². The number of carbonyl (C=O) groups is 1. The van der Waals surface area contributed by atoms with E-state index < -0.39 is 0 Å². The molecule has 0 unspecified atom stereocenters. The minimum Gasteiger partial charge on any atom is -0.385 e. The van der Waals surface area contributed by atoms with E-state index >= 15 is 0 Å². The van der Waals surface area contributed by atoms with Gasteiger partial charge in [-0.25, -0.2) is 0 Å².